The molecule has 39 heavy (non-hydrogen) atoms. The predicted molar refractivity (Wildman–Crippen MR) is 146 cm³/mol. The van der Waals surface area contributed by atoms with Crippen molar-refractivity contribution in [3.63, 3.8) is 0 Å². The molecule has 0 amide bonds. The number of rotatable bonds is 6. The predicted octanol–water partition coefficient (Wildman–Crippen LogP) is 3.40. The summed E-state index contributed by atoms with van der Waals surface area (Å²) >= 11 is 0. The number of benzene rings is 3. The van der Waals surface area contributed by atoms with E-state index in [2.05, 4.69) is 0 Å². The highest BCUT2D eigenvalue weighted by Crippen LogP contribution is 2.48. The molecule has 3 heterocycles. The molecule has 0 radical (unpaired) electrons. The van der Waals surface area contributed by atoms with Gasteiger partial charge in [-0.25, -0.2) is 31.9 Å². The SMILES string of the molecule is CCOC1=C2C(c3ccccc3)N(S(=O)(=O)c3ccc(C)cc3)CC2n2c(=O)n(-c3ccccc3)c(=O)n2C1. The lowest BCUT2D eigenvalue weighted by molar-refractivity contribution is 0.183. The van der Waals surface area contributed by atoms with Crippen molar-refractivity contribution in [2.75, 3.05) is 13.2 Å². The molecular weight excluding hydrogens is 516 g/mol. The fourth-order valence-corrected chi connectivity index (χ4v) is 7.19. The van der Waals surface area contributed by atoms with E-state index in [4.69, 9.17) is 4.74 Å². The number of fused-ring (bicyclic) bond motifs is 3. The first kappa shape index (κ1) is 25.1. The van der Waals surface area contributed by atoms with Crippen LogP contribution >= 0.6 is 0 Å². The van der Waals surface area contributed by atoms with E-state index in [1.54, 1.807) is 48.5 Å². The van der Waals surface area contributed by atoms with Crippen LogP contribution in [0.1, 0.15) is 30.1 Å². The van der Waals surface area contributed by atoms with Gasteiger partial charge >= 0.3 is 11.4 Å². The molecule has 0 N–H and O–H groups in total. The second-order valence-electron chi connectivity index (χ2n) is 9.67. The van der Waals surface area contributed by atoms with Gasteiger partial charge in [0.15, 0.2) is 0 Å². The highest BCUT2D eigenvalue weighted by atomic mass is 32.2. The zero-order chi connectivity index (χ0) is 27.3. The molecule has 2 unspecified atom stereocenters. The van der Waals surface area contributed by atoms with Gasteiger partial charge in [-0.05, 0) is 43.7 Å². The van der Waals surface area contributed by atoms with Crippen molar-refractivity contribution in [3.8, 4) is 5.69 Å². The Morgan fingerprint density at radius 1 is 0.872 bits per heavy atom. The van der Waals surface area contributed by atoms with Crippen LogP contribution in [-0.2, 0) is 21.3 Å². The van der Waals surface area contributed by atoms with Crippen LogP contribution in [-0.4, -0.2) is 39.8 Å². The summed E-state index contributed by atoms with van der Waals surface area (Å²) in [6.45, 7) is 4.07. The second-order valence-corrected chi connectivity index (χ2v) is 11.6. The summed E-state index contributed by atoms with van der Waals surface area (Å²) in [7, 11) is -3.99. The van der Waals surface area contributed by atoms with E-state index >= 15 is 0 Å². The van der Waals surface area contributed by atoms with Crippen LogP contribution in [0.2, 0.25) is 0 Å². The topological polar surface area (TPSA) is 95.5 Å². The molecule has 2 aliphatic rings. The van der Waals surface area contributed by atoms with Crippen LogP contribution < -0.4 is 11.4 Å². The molecule has 2 aliphatic heterocycles. The Labute approximate surface area is 225 Å². The summed E-state index contributed by atoms with van der Waals surface area (Å²) in [4.78, 5) is 27.5. The van der Waals surface area contributed by atoms with Crippen molar-refractivity contribution in [2.45, 2.75) is 37.4 Å². The molecule has 10 heteroatoms. The van der Waals surface area contributed by atoms with Crippen molar-refractivity contribution < 1.29 is 13.2 Å². The Kier molecular flexibility index (Phi) is 6.16. The summed E-state index contributed by atoms with van der Waals surface area (Å²) in [5.41, 5.74) is 1.80. The third-order valence-electron chi connectivity index (χ3n) is 7.34. The number of sulfonamides is 1. The van der Waals surface area contributed by atoms with E-state index in [0.29, 0.717) is 23.6 Å². The molecule has 3 aromatic carbocycles. The molecule has 1 fully saturated rings. The Balaban J connectivity index is 1.59. The van der Waals surface area contributed by atoms with E-state index in [0.717, 1.165) is 15.7 Å². The standard InChI is InChI=1S/C29H28N4O5S/c1-3-38-25-19-30-28(34)32(22-12-8-5-9-13-22)29(35)33(30)24-18-31(27(26(24)25)21-10-6-4-7-11-21)39(36,37)23-16-14-20(2)15-17-23/h4-17,24,27H,3,18-19H2,1-2H3. The summed E-state index contributed by atoms with van der Waals surface area (Å²) in [6, 6.07) is 23.3. The molecule has 0 bridgehead atoms. The Morgan fingerprint density at radius 3 is 2.15 bits per heavy atom. The normalized spacial score (nSPS) is 19.1. The van der Waals surface area contributed by atoms with E-state index in [-0.39, 0.29) is 18.0 Å². The van der Waals surface area contributed by atoms with E-state index in [1.807, 2.05) is 50.2 Å². The molecular formula is C29H28N4O5S. The molecule has 0 saturated carbocycles. The second kappa shape index (κ2) is 9.55. The smallest absolute Gasteiger partial charge is 0.352 e. The first-order chi connectivity index (χ1) is 18.8. The molecule has 0 spiro atoms. The van der Waals surface area contributed by atoms with Crippen LogP contribution in [0.25, 0.3) is 5.69 Å². The minimum atomic E-state index is -3.99. The number of hydrogen-bond donors (Lipinski definition) is 0. The number of nitrogens with zero attached hydrogens (tertiary/aromatic N) is 4. The Morgan fingerprint density at radius 2 is 1.51 bits per heavy atom. The van der Waals surface area contributed by atoms with Crippen molar-refractivity contribution >= 4 is 10.0 Å². The average molecular weight is 545 g/mol. The maximum atomic E-state index is 14.1. The molecule has 0 aliphatic carbocycles. The highest BCUT2D eigenvalue weighted by Gasteiger charge is 2.50. The largest absolute Gasteiger partial charge is 0.496 e. The molecule has 4 aromatic rings. The van der Waals surface area contributed by atoms with Crippen LogP contribution in [0.3, 0.4) is 0 Å². The molecule has 2 atom stereocenters. The third-order valence-corrected chi connectivity index (χ3v) is 9.19. The van der Waals surface area contributed by atoms with Gasteiger partial charge in [-0.15, -0.1) is 0 Å². The summed E-state index contributed by atoms with van der Waals surface area (Å²) < 4.78 is 39.6. The van der Waals surface area contributed by atoms with Crippen molar-refractivity contribution in [1.29, 1.82) is 0 Å². The zero-order valence-corrected chi connectivity index (χ0v) is 22.4. The van der Waals surface area contributed by atoms with Gasteiger partial charge in [0, 0.05) is 12.1 Å². The summed E-state index contributed by atoms with van der Waals surface area (Å²) in [6.07, 6.45) is 0. The van der Waals surface area contributed by atoms with E-state index in [1.165, 1.54) is 13.7 Å². The van der Waals surface area contributed by atoms with Crippen LogP contribution in [0, 0.1) is 6.92 Å². The minimum absolute atomic E-state index is 0.0231. The fourth-order valence-electron chi connectivity index (χ4n) is 5.59. The van der Waals surface area contributed by atoms with Crippen LogP contribution in [0.15, 0.2) is 111 Å². The van der Waals surface area contributed by atoms with Crippen molar-refractivity contribution in [1.82, 2.24) is 18.2 Å². The lowest BCUT2D eigenvalue weighted by Gasteiger charge is -2.28. The number of ether oxygens (including phenoxy) is 1. The maximum Gasteiger partial charge on any atom is 0.352 e. The van der Waals surface area contributed by atoms with Gasteiger partial charge < -0.3 is 4.74 Å². The quantitative estimate of drug-likeness (QED) is 0.371. The monoisotopic (exact) mass is 544 g/mol. The highest BCUT2D eigenvalue weighted by molar-refractivity contribution is 7.89. The summed E-state index contributed by atoms with van der Waals surface area (Å²) in [5, 5.41) is 0. The van der Waals surface area contributed by atoms with Crippen LogP contribution in [0.4, 0.5) is 0 Å². The lowest BCUT2D eigenvalue weighted by Crippen LogP contribution is -2.37. The zero-order valence-electron chi connectivity index (χ0n) is 21.6. The van der Waals surface area contributed by atoms with Crippen molar-refractivity contribution in [2.24, 2.45) is 0 Å². The van der Waals surface area contributed by atoms with Gasteiger partial charge in [0.2, 0.25) is 10.0 Å². The Hall–Kier alpha value is -4.15. The molecule has 1 saturated heterocycles. The third kappa shape index (κ3) is 3.98. The lowest BCUT2D eigenvalue weighted by atomic mass is 9.95. The van der Waals surface area contributed by atoms with Gasteiger partial charge in [-0.2, -0.15) is 4.31 Å². The van der Waals surface area contributed by atoms with Crippen molar-refractivity contribution in [3.05, 3.63) is 128 Å². The number of aromatic nitrogens is 3. The first-order valence-corrected chi connectivity index (χ1v) is 14.3. The van der Waals surface area contributed by atoms with Crippen LogP contribution in [0.5, 0.6) is 0 Å². The molecule has 200 valence electrons. The van der Waals surface area contributed by atoms with E-state index < -0.39 is 33.5 Å². The Bertz CT molecular complexity index is 1790. The number of hydrogen-bond acceptors (Lipinski definition) is 5. The minimum Gasteiger partial charge on any atom is -0.496 e. The first-order valence-electron chi connectivity index (χ1n) is 12.8. The average Bonchev–Trinajstić information content (AvgIpc) is 3.46. The van der Waals surface area contributed by atoms with Gasteiger partial charge in [-0.1, -0.05) is 66.2 Å². The van der Waals surface area contributed by atoms with E-state index in [9.17, 15) is 18.0 Å². The van der Waals surface area contributed by atoms with Gasteiger partial charge in [0.25, 0.3) is 0 Å². The number of aryl methyl sites for hydroxylation is 1. The van der Waals surface area contributed by atoms with Gasteiger partial charge in [-0.3, -0.25) is 0 Å². The van der Waals surface area contributed by atoms with Gasteiger partial charge in [0.05, 0.1) is 29.3 Å². The molecule has 1 aromatic heterocycles. The molecule has 6 rings (SSSR count). The maximum absolute atomic E-state index is 14.1. The fraction of sp³-hybridized carbons (Fsp3) is 0.241. The summed E-state index contributed by atoms with van der Waals surface area (Å²) in [5.74, 6) is 0.505. The number of para-hydroxylation sites is 1. The number of allylic oxidation sites excluding steroid dienone is 1. The van der Waals surface area contributed by atoms with Gasteiger partial charge in [0.1, 0.15) is 12.3 Å². The molecule has 9 nitrogen and oxygen atoms in total.